The number of β-amino-alcohol motifs (C(OH)–C–C–N with tert-alkyl or cyclic N) is 1. The number of hydrogen-bond acceptors (Lipinski definition) is 5. The third-order valence-electron chi connectivity index (χ3n) is 5.80. The molecule has 1 aromatic carbocycles. The molecule has 0 spiro atoms. The van der Waals surface area contributed by atoms with Crippen LogP contribution in [0.1, 0.15) is 24.0 Å². The van der Waals surface area contributed by atoms with Gasteiger partial charge in [0.1, 0.15) is 23.6 Å². The lowest BCUT2D eigenvalue weighted by molar-refractivity contribution is -0.116. The molecular formula is C22H24N4O3. The number of aryl methyl sites for hydroxylation is 1. The van der Waals surface area contributed by atoms with Crippen LogP contribution in [0.2, 0.25) is 0 Å². The van der Waals surface area contributed by atoms with Gasteiger partial charge in [-0.05, 0) is 42.2 Å². The number of piperidine rings is 1. The van der Waals surface area contributed by atoms with Gasteiger partial charge in [-0.25, -0.2) is 4.98 Å². The van der Waals surface area contributed by atoms with Crippen molar-refractivity contribution in [2.45, 2.75) is 38.0 Å². The summed E-state index contributed by atoms with van der Waals surface area (Å²) in [6, 6.07) is 9.79. The van der Waals surface area contributed by atoms with Crippen molar-refractivity contribution < 1.29 is 14.6 Å². The summed E-state index contributed by atoms with van der Waals surface area (Å²) in [4.78, 5) is 21.4. The first kappa shape index (κ1) is 18.1. The molecule has 3 aromatic rings. The van der Waals surface area contributed by atoms with Gasteiger partial charge in [-0.3, -0.25) is 9.69 Å². The molecule has 3 N–H and O–H groups in total. The summed E-state index contributed by atoms with van der Waals surface area (Å²) >= 11 is 0. The van der Waals surface area contributed by atoms with Gasteiger partial charge in [-0.1, -0.05) is 6.07 Å². The zero-order chi connectivity index (χ0) is 19.8. The van der Waals surface area contributed by atoms with E-state index >= 15 is 0 Å². The fourth-order valence-corrected chi connectivity index (χ4v) is 4.24. The molecule has 29 heavy (non-hydrogen) atoms. The summed E-state index contributed by atoms with van der Waals surface area (Å²) in [6.45, 7) is 2.16. The van der Waals surface area contributed by atoms with E-state index in [4.69, 9.17) is 4.74 Å². The number of carbonyl (C=O) groups is 1. The highest BCUT2D eigenvalue weighted by molar-refractivity contribution is 5.94. The van der Waals surface area contributed by atoms with E-state index in [1.165, 1.54) is 5.56 Å². The number of anilines is 1. The van der Waals surface area contributed by atoms with Gasteiger partial charge >= 0.3 is 0 Å². The van der Waals surface area contributed by atoms with E-state index < -0.39 is 6.10 Å². The van der Waals surface area contributed by atoms with Crippen LogP contribution < -0.4 is 10.1 Å². The lowest BCUT2D eigenvalue weighted by Crippen LogP contribution is -2.48. The van der Waals surface area contributed by atoms with Crippen LogP contribution in [0.5, 0.6) is 5.75 Å². The number of aliphatic hydroxyl groups is 1. The summed E-state index contributed by atoms with van der Waals surface area (Å²) in [6.07, 6.45) is 4.97. The number of amides is 1. The van der Waals surface area contributed by atoms with Gasteiger partial charge in [0.25, 0.3) is 0 Å². The summed E-state index contributed by atoms with van der Waals surface area (Å²) < 4.78 is 6.08. The Bertz CT molecular complexity index is 1050. The smallest absolute Gasteiger partial charge is 0.224 e. The van der Waals surface area contributed by atoms with Crippen molar-refractivity contribution in [3.05, 3.63) is 53.9 Å². The maximum absolute atomic E-state index is 11.6. The lowest BCUT2D eigenvalue weighted by atomic mass is 10.0. The van der Waals surface area contributed by atoms with Gasteiger partial charge in [0.2, 0.25) is 5.91 Å². The summed E-state index contributed by atoms with van der Waals surface area (Å²) in [5.41, 5.74) is 4.02. The third kappa shape index (κ3) is 3.71. The van der Waals surface area contributed by atoms with E-state index in [1.54, 1.807) is 6.20 Å². The van der Waals surface area contributed by atoms with Gasteiger partial charge in [-0.2, -0.15) is 0 Å². The number of rotatable bonds is 4. The van der Waals surface area contributed by atoms with E-state index in [-0.39, 0.29) is 12.0 Å². The number of nitrogens with zero attached hydrogens (tertiary/aromatic N) is 2. The predicted octanol–water partition coefficient (Wildman–Crippen LogP) is 2.46. The van der Waals surface area contributed by atoms with Gasteiger partial charge in [0, 0.05) is 55.6 Å². The quantitative estimate of drug-likeness (QED) is 0.635. The first-order chi connectivity index (χ1) is 14.2. The average molecular weight is 392 g/mol. The van der Waals surface area contributed by atoms with E-state index in [0.29, 0.717) is 18.7 Å². The van der Waals surface area contributed by atoms with Crippen LogP contribution in [0.3, 0.4) is 0 Å². The monoisotopic (exact) mass is 392 g/mol. The maximum Gasteiger partial charge on any atom is 0.224 e. The van der Waals surface area contributed by atoms with Crippen LogP contribution in [-0.2, 0) is 17.8 Å². The minimum atomic E-state index is -0.572. The Hall–Kier alpha value is -2.90. The van der Waals surface area contributed by atoms with Crippen molar-refractivity contribution >= 4 is 22.6 Å². The molecule has 0 bridgehead atoms. The molecule has 1 saturated heterocycles. The zero-order valence-corrected chi connectivity index (χ0v) is 16.1. The number of benzene rings is 1. The van der Waals surface area contributed by atoms with Gasteiger partial charge < -0.3 is 20.1 Å². The zero-order valence-electron chi connectivity index (χ0n) is 16.1. The number of ether oxygens (including phenoxy) is 1. The van der Waals surface area contributed by atoms with Crippen LogP contribution >= 0.6 is 0 Å². The molecule has 2 aromatic heterocycles. The second-order valence-corrected chi connectivity index (χ2v) is 7.83. The molecule has 1 amide bonds. The Morgan fingerprint density at radius 2 is 2.21 bits per heavy atom. The van der Waals surface area contributed by atoms with Crippen molar-refractivity contribution in [2.24, 2.45) is 0 Å². The Morgan fingerprint density at radius 3 is 3.10 bits per heavy atom. The highest BCUT2D eigenvalue weighted by atomic mass is 16.5. The summed E-state index contributed by atoms with van der Waals surface area (Å²) in [5.74, 6) is 0.724. The molecule has 2 aliphatic heterocycles. The fourth-order valence-electron chi connectivity index (χ4n) is 4.24. The Kier molecular flexibility index (Phi) is 4.69. The number of fused-ring (bicyclic) bond motifs is 2. The molecule has 150 valence electrons. The molecule has 2 atom stereocenters. The van der Waals surface area contributed by atoms with Crippen LogP contribution in [-0.4, -0.2) is 51.2 Å². The number of aromatic amines is 1. The molecule has 1 fully saturated rings. The highest BCUT2D eigenvalue weighted by Gasteiger charge is 2.30. The summed E-state index contributed by atoms with van der Waals surface area (Å²) in [5, 5.41) is 14.7. The Morgan fingerprint density at radius 1 is 1.28 bits per heavy atom. The number of aromatic nitrogens is 2. The number of aliphatic hydroxyl groups excluding tert-OH is 1. The summed E-state index contributed by atoms with van der Waals surface area (Å²) in [7, 11) is 0. The second kappa shape index (κ2) is 7.50. The molecule has 0 unspecified atom stereocenters. The average Bonchev–Trinajstić information content (AvgIpc) is 3.13. The van der Waals surface area contributed by atoms with Crippen LogP contribution in [0, 0.1) is 0 Å². The normalized spacial score (nSPS) is 22.3. The standard InChI is InChI=1S/C22H24N4O3/c27-19-13-26(12-15-11-24-22-17(15)2-1-8-23-22)9-7-20(19)29-16-5-3-14-4-6-21(28)25-18(14)10-16/h1-3,5,8,10-11,19-20,27H,4,6-7,9,12-13H2,(H,23,24)(H,25,28)/t19-,20-/m1/s1. The first-order valence-corrected chi connectivity index (χ1v) is 10.1. The minimum absolute atomic E-state index is 0.0375. The number of carbonyl (C=O) groups excluding carboxylic acids is 1. The SMILES string of the molecule is O=C1CCc2ccc(O[C@@H]3CCN(Cc4c[nH]c5ncccc45)C[C@H]3O)cc2N1. The molecule has 5 rings (SSSR count). The molecule has 7 nitrogen and oxygen atoms in total. The third-order valence-corrected chi connectivity index (χ3v) is 5.80. The number of pyridine rings is 1. The second-order valence-electron chi connectivity index (χ2n) is 7.83. The Labute approximate surface area is 168 Å². The van der Waals surface area contributed by atoms with Gasteiger partial charge in [0.05, 0.1) is 0 Å². The van der Waals surface area contributed by atoms with E-state index in [0.717, 1.165) is 48.2 Å². The van der Waals surface area contributed by atoms with E-state index in [2.05, 4.69) is 26.3 Å². The minimum Gasteiger partial charge on any atom is -0.488 e. The van der Waals surface area contributed by atoms with Crippen molar-refractivity contribution in [3.8, 4) is 5.75 Å². The fraction of sp³-hybridized carbons (Fsp3) is 0.364. The first-order valence-electron chi connectivity index (χ1n) is 10.1. The van der Waals surface area contributed by atoms with Crippen LogP contribution in [0.4, 0.5) is 5.69 Å². The molecule has 0 radical (unpaired) electrons. The number of hydrogen-bond donors (Lipinski definition) is 3. The number of nitrogens with one attached hydrogen (secondary N) is 2. The van der Waals surface area contributed by atoms with Gasteiger partial charge in [0.15, 0.2) is 0 Å². The van der Waals surface area contributed by atoms with Crippen molar-refractivity contribution in [3.63, 3.8) is 0 Å². The molecule has 0 aliphatic carbocycles. The van der Waals surface area contributed by atoms with Crippen LogP contribution in [0.25, 0.3) is 11.0 Å². The largest absolute Gasteiger partial charge is 0.488 e. The van der Waals surface area contributed by atoms with E-state index in [1.807, 2.05) is 30.5 Å². The molecule has 4 heterocycles. The highest BCUT2D eigenvalue weighted by Crippen LogP contribution is 2.29. The topological polar surface area (TPSA) is 90.5 Å². The van der Waals surface area contributed by atoms with Crippen molar-refractivity contribution in [1.82, 2.24) is 14.9 Å². The van der Waals surface area contributed by atoms with E-state index in [9.17, 15) is 9.90 Å². The molecular weight excluding hydrogens is 368 g/mol. The van der Waals surface area contributed by atoms with Gasteiger partial charge in [-0.15, -0.1) is 0 Å². The van der Waals surface area contributed by atoms with Crippen molar-refractivity contribution in [2.75, 3.05) is 18.4 Å². The Balaban J connectivity index is 1.22. The molecule has 2 aliphatic rings. The molecule has 7 heteroatoms. The number of likely N-dealkylation sites (tertiary alicyclic amines) is 1. The maximum atomic E-state index is 11.6. The predicted molar refractivity (Wildman–Crippen MR) is 110 cm³/mol. The molecule has 0 saturated carbocycles. The van der Waals surface area contributed by atoms with Crippen LogP contribution in [0.15, 0.2) is 42.7 Å². The van der Waals surface area contributed by atoms with Crippen molar-refractivity contribution in [1.29, 1.82) is 0 Å². The lowest BCUT2D eigenvalue weighted by Gasteiger charge is -2.36. The number of H-pyrrole nitrogens is 1.